The molecular formula is C16H27NO6. The number of likely N-dealkylation sites (tertiary alicyclic amines) is 1. The molecule has 0 radical (unpaired) electrons. The van der Waals surface area contributed by atoms with Crippen LogP contribution in [0.1, 0.15) is 33.6 Å². The van der Waals surface area contributed by atoms with Gasteiger partial charge in [0.05, 0.1) is 12.5 Å². The molecule has 0 aromatic heterocycles. The van der Waals surface area contributed by atoms with E-state index < -0.39 is 24.3 Å². The Morgan fingerprint density at radius 2 is 2.17 bits per heavy atom. The number of fused-ring (bicyclic) bond motifs is 1. The van der Waals surface area contributed by atoms with Gasteiger partial charge in [0.15, 0.2) is 12.1 Å². The molecule has 3 aliphatic heterocycles. The van der Waals surface area contributed by atoms with E-state index >= 15 is 0 Å². The number of nitrogens with zero attached hydrogens (tertiary/aromatic N) is 1. The minimum absolute atomic E-state index is 0.0896. The molecule has 3 heterocycles. The molecule has 7 nitrogen and oxygen atoms in total. The van der Waals surface area contributed by atoms with Gasteiger partial charge < -0.3 is 24.1 Å². The molecule has 3 saturated heterocycles. The number of carbonyl (C=O) groups excluding carboxylic acids is 1. The smallest absolute Gasteiger partial charge is 0.310 e. The molecular weight excluding hydrogens is 302 g/mol. The molecule has 3 aliphatic rings. The second-order valence-electron chi connectivity index (χ2n) is 6.98. The normalized spacial score (nSPS) is 40.1. The summed E-state index contributed by atoms with van der Waals surface area (Å²) in [7, 11) is 0. The summed E-state index contributed by atoms with van der Waals surface area (Å²) in [4.78, 5) is 14.1. The molecule has 5 unspecified atom stereocenters. The third-order valence-corrected chi connectivity index (χ3v) is 4.68. The van der Waals surface area contributed by atoms with Crippen LogP contribution in [0, 0.1) is 5.92 Å². The Kier molecular flexibility index (Phi) is 4.94. The maximum Gasteiger partial charge on any atom is 0.310 e. The van der Waals surface area contributed by atoms with Crippen molar-refractivity contribution in [3.05, 3.63) is 0 Å². The van der Waals surface area contributed by atoms with E-state index in [1.807, 2.05) is 20.8 Å². The van der Waals surface area contributed by atoms with Gasteiger partial charge in [0, 0.05) is 13.1 Å². The highest BCUT2D eigenvalue weighted by molar-refractivity contribution is 5.72. The SMILES string of the molecule is CCOC(=O)C1CCCN(CC2OC3OC(C)(C)OC3C2O)C1. The maximum atomic E-state index is 11.9. The number of hydrogen-bond donors (Lipinski definition) is 1. The largest absolute Gasteiger partial charge is 0.466 e. The van der Waals surface area contributed by atoms with Gasteiger partial charge in [-0.25, -0.2) is 0 Å². The third kappa shape index (κ3) is 3.69. The van der Waals surface area contributed by atoms with Crippen molar-refractivity contribution in [3.63, 3.8) is 0 Å². The summed E-state index contributed by atoms with van der Waals surface area (Å²) in [6, 6.07) is 0. The number of carbonyl (C=O) groups is 1. The lowest BCUT2D eigenvalue weighted by atomic mass is 9.97. The molecule has 0 aromatic carbocycles. The van der Waals surface area contributed by atoms with Crippen molar-refractivity contribution in [2.75, 3.05) is 26.2 Å². The molecule has 0 amide bonds. The standard InChI is InChI=1S/C16H27NO6/c1-4-20-14(19)10-6-5-7-17(8-10)9-11-12(18)13-15(21-11)23-16(2,3)22-13/h10-13,15,18H,4-9H2,1-3H3. The van der Waals surface area contributed by atoms with Gasteiger partial charge in [-0.1, -0.05) is 0 Å². The van der Waals surface area contributed by atoms with Gasteiger partial charge in [-0.2, -0.15) is 0 Å². The van der Waals surface area contributed by atoms with E-state index in [9.17, 15) is 9.90 Å². The van der Waals surface area contributed by atoms with Gasteiger partial charge >= 0.3 is 5.97 Å². The fourth-order valence-corrected chi connectivity index (χ4v) is 3.64. The van der Waals surface area contributed by atoms with E-state index in [-0.39, 0.29) is 18.0 Å². The summed E-state index contributed by atoms with van der Waals surface area (Å²) in [5, 5.41) is 10.4. The summed E-state index contributed by atoms with van der Waals surface area (Å²) in [5.41, 5.74) is 0. The lowest BCUT2D eigenvalue weighted by molar-refractivity contribution is -0.216. The zero-order valence-electron chi connectivity index (χ0n) is 14.1. The first kappa shape index (κ1) is 17.1. The molecule has 0 aromatic rings. The van der Waals surface area contributed by atoms with E-state index in [0.717, 1.165) is 19.4 Å². The Morgan fingerprint density at radius 3 is 2.87 bits per heavy atom. The number of aliphatic hydroxyl groups excluding tert-OH is 1. The van der Waals surface area contributed by atoms with Crippen LogP contribution in [0.4, 0.5) is 0 Å². The molecule has 0 aliphatic carbocycles. The monoisotopic (exact) mass is 329 g/mol. The van der Waals surface area contributed by atoms with Crippen molar-refractivity contribution in [1.29, 1.82) is 0 Å². The third-order valence-electron chi connectivity index (χ3n) is 4.68. The van der Waals surface area contributed by atoms with Gasteiger partial charge in [-0.3, -0.25) is 9.69 Å². The van der Waals surface area contributed by atoms with Gasteiger partial charge in [0.1, 0.15) is 18.3 Å². The van der Waals surface area contributed by atoms with Gasteiger partial charge in [0.25, 0.3) is 0 Å². The fraction of sp³-hybridized carbons (Fsp3) is 0.938. The van der Waals surface area contributed by atoms with Crippen LogP contribution in [-0.4, -0.2) is 72.6 Å². The Morgan fingerprint density at radius 1 is 1.39 bits per heavy atom. The Bertz CT molecular complexity index is 442. The van der Waals surface area contributed by atoms with Crippen molar-refractivity contribution in [3.8, 4) is 0 Å². The number of ether oxygens (including phenoxy) is 4. The fourth-order valence-electron chi connectivity index (χ4n) is 3.64. The summed E-state index contributed by atoms with van der Waals surface area (Å²) in [5.74, 6) is -0.940. The molecule has 3 rings (SSSR count). The predicted molar refractivity (Wildman–Crippen MR) is 80.5 cm³/mol. The number of piperidine rings is 1. The Balaban J connectivity index is 1.53. The van der Waals surface area contributed by atoms with Gasteiger partial charge in [-0.15, -0.1) is 0 Å². The molecule has 0 saturated carbocycles. The summed E-state index contributed by atoms with van der Waals surface area (Å²) < 4.78 is 22.3. The molecule has 132 valence electrons. The van der Waals surface area contributed by atoms with E-state index in [0.29, 0.717) is 19.7 Å². The first-order valence-electron chi connectivity index (χ1n) is 8.48. The van der Waals surface area contributed by atoms with Crippen molar-refractivity contribution in [2.24, 2.45) is 5.92 Å². The number of hydrogen-bond acceptors (Lipinski definition) is 7. The summed E-state index contributed by atoms with van der Waals surface area (Å²) in [6.45, 7) is 7.96. The van der Waals surface area contributed by atoms with Crippen LogP contribution in [0.15, 0.2) is 0 Å². The quantitative estimate of drug-likeness (QED) is 0.753. The van der Waals surface area contributed by atoms with Crippen LogP contribution < -0.4 is 0 Å². The van der Waals surface area contributed by atoms with E-state index in [1.54, 1.807) is 0 Å². The van der Waals surface area contributed by atoms with Crippen LogP contribution in [0.5, 0.6) is 0 Å². The van der Waals surface area contributed by atoms with Crippen LogP contribution in [0.2, 0.25) is 0 Å². The van der Waals surface area contributed by atoms with Crippen molar-refractivity contribution in [1.82, 2.24) is 4.90 Å². The zero-order valence-corrected chi connectivity index (χ0v) is 14.1. The minimum Gasteiger partial charge on any atom is -0.466 e. The number of aliphatic hydroxyl groups is 1. The van der Waals surface area contributed by atoms with Crippen LogP contribution in [0.25, 0.3) is 0 Å². The lowest BCUT2D eigenvalue weighted by Crippen LogP contribution is -2.46. The summed E-state index contributed by atoms with van der Waals surface area (Å²) >= 11 is 0. The second kappa shape index (κ2) is 6.64. The number of esters is 1. The van der Waals surface area contributed by atoms with Crippen LogP contribution >= 0.6 is 0 Å². The maximum absolute atomic E-state index is 11.9. The Hall–Kier alpha value is -0.730. The van der Waals surface area contributed by atoms with Crippen molar-refractivity contribution in [2.45, 2.75) is 64.0 Å². The molecule has 0 spiro atoms. The highest BCUT2D eigenvalue weighted by atomic mass is 16.8. The highest BCUT2D eigenvalue weighted by Crippen LogP contribution is 2.37. The molecule has 0 bridgehead atoms. The zero-order chi connectivity index (χ0) is 16.6. The minimum atomic E-state index is -0.721. The molecule has 7 heteroatoms. The average molecular weight is 329 g/mol. The van der Waals surface area contributed by atoms with Gasteiger partial charge in [0.2, 0.25) is 0 Å². The molecule has 5 atom stereocenters. The first-order valence-corrected chi connectivity index (χ1v) is 8.48. The molecule has 1 N–H and O–H groups in total. The summed E-state index contributed by atoms with van der Waals surface area (Å²) in [6.07, 6.45) is -0.239. The topological polar surface area (TPSA) is 77.5 Å². The lowest BCUT2D eigenvalue weighted by Gasteiger charge is -2.34. The molecule has 3 fully saturated rings. The van der Waals surface area contributed by atoms with Crippen molar-refractivity contribution < 1.29 is 28.8 Å². The van der Waals surface area contributed by atoms with Crippen LogP contribution in [0.3, 0.4) is 0 Å². The van der Waals surface area contributed by atoms with E-state index in [2.05, 4.69) is 4.90 Å². The second-order valence-corrected chi connectivity index (χ2v) is 6.98. The predicted octanol–water partition coefficient (Wildman–Crippen LogP) is 0.499. The van der Waals surface area contributed by atoms with Crippen molar-refractivity contribution >= 4 is 5.97 Å². The van der Waals surface area contributed by atoms with Gasteiger partial charge in [-0.05, 0) is 40.2 Å². The first-order chi connectivity index (χ1) is 10.9. The Labute approximate surface area is 136 Å². The number of rotatable bonds is 4. The van der Waals surface area contributed by atoms with E-state index in [4.69, 9.17) is 18.9 Å². The van der Waals surface area contributed by atoms with E-state index in [1.165, 1.54) is 0 Å². The average Bonchev–Trinajstić information content (AvgIpc) is 2.94. The molecule has 23 heavy (non-hydrogen) atoms. The van der Waals surface area contributed by atoms with Crippen LogP contribution in [-0.2, 0) is 23.7 Å². The highest BCUT2D eigenvalue weighted by Gasteiger charge is 2.54.